The number of nitrogens with zero attached hydrogens (tertiary/aromatic N) is 5. The minimum absolute atomic E-state index is 0.0322. The van der Waals surface area contributed by atoms with Gasteiger partial charge in [0.1, 0.15) is 11.4 Å². The number of rotatable bonds is 5. The van der Waals surface area contributed by atoms with Crippen molar-refractivity contribution < 1.29 is 4.79 Å². The van der Waals surface area contributed by atoms with Gasteiger partial charge in [0.25, 0.3) is 0 Å². The molecule has 0 aromatic carbocycles. The van der Waals surface area contributed by atoms with Crippen molar-refractivity contribution in [3.05, 3.63) is 30.2 Å². The predicted molar refractivity (Wildman–Crippen MR) is 91.3 cm³/mol. The normalized spacial score (nSPS) is 17.6. The van der Waals surface area contributed by atoms with Gasteiger partial charge in [-0.05, 0) is 12.8 Å². The summed E-state index contributed by atoms with van der Waals surface area (Å²) >= 11 is 0. The number of aryl methyl sites for hydroxylation is 2. The molecule has 2 aromatic heterocycles. The third-order valence-electron chi connectivity index (χ3n) is 4.72. The molecule has 0 saturated carbocycles. The van der Waals surface area contributed by atoms with E-state index in [0.29, 0.717) is 0 Å². The fourth-order valence-electron chi connectivity index (χ4n) is 3.29. The second kappa shape index (κ2) is 6.64. The first-order chi connectivity index (χ1) is 11.5. The quantitative estimate of drug-likeness (QED) is 0.826. The molecule has 0 aliphatic carbocycles. The molecule has 0 spiro atoms. The van der Waals surface area contributed by atoms with Gasteiger partial charge in [0.15, 0.2) is 0 Å². The topological polar surface area (TPSA) is 80.0 Å². The van der Waals surface area contributed by atoms with Gasteiger partial charge >= 0.3 is 0 Å². The zero-order chi connectivity index (χ0) is 17.2. The van der Waals surface area contributed by atoms with Crippen LogP contribution in [0, 0.1) is 0 Å². The smallest absolute Gasteiger partial charge is 0.245 e. The van der Waals surface area contributed by atoms with E-state index < -0.39 is 5.54 Å². The van der Waals surface area contributed by atoms with E-state index in [0.717, 1.165) is 38.3 Å². The van der Waals surface area contributed by atoms with Crippen molar-refractivity contribution in [3.63, 3.8) is 0 Å². The molecule has 0 bridgehead atoms. The Hall–Kier alpha value is -2.35. The molecule has 1 amide bonds. The van der Waals surface area contributed by atoms with Crippen molar-refractivity contribution in [3.8, 4) is 0 Å². The van der Waals surface area contributed by atoms with Crippen molar-refractivity contribution in [2.45, 2.75) is 24.9 Å². The Morgan fingerprint density at radius 2 is 2.04 bits per heavy atom. The molecule has 0 atom stereocenters. The van der Waals surface area contributed by atoms with Gasteiger partial charge in [-0.1, -0.05) is 0 Å². The van der Waals surface area contributed by atoms with Crippen molar-refractivity contribution in [1.82, 2.24) is 29.8 Å². The van der Waals surface area contributed by atoms with Crippen LogP contribution in [0.2, 0.25) is 0 Å². The number of amides is 1. The summed E-state index contributed by atoms with van der Waals surface area (Å²) in [5.74, 6) is 0.893. The lowest BCUT2D eigenvalue weighted by Gasteiger charge is -2.41. The van der Waals surface area contributed by atoms with Crippen LogP contribution in [0.1, 0.15) is 18.4 Å². The highest BCUT2D eigenvalue weighted by Gasteiger charge is 2.41. The van der Waals surface area contributed by atoms with E-state index in [1.54, 1.807) is 17.9 Å². The molecule has 8 nitrogen and oxygen atoms in total. The lowest BCUT2D eigenvalue weighted by atomic mass is 9.86. The molecule has 3 heterocycles. The van der Waals surface area contributed by atoms with Crippen molar-refractivity contribution in [1.29, 1.82) is 0 Å². The molecule has 2 N–H and O–H groups in total. The van der Waals surface area contributed by atoms with Gasteiger partial charge in [0, 0.05) is 58.6 Å². The van der Waals surface area contributed by atoms with Crippen LogP contribution in [-0.2, 0) is 25.4 Å². The Morgan fingerprint density at radius 1 is 1.29 bits per heavy atom. The third-order valence-corrected chi connectivity index (χ3v) is 4.72. The number of nitrogens with one attached hydrogen (secondary N) is 2. The summed E-state index contributed by atoms with van der Waals surface area (Å²) in [6, 6.07) is 1.90. The molecule has 8 heteroatoms. The molecule has 1 aliphatic heterocycles. The Labute approximate surface area is 141 Å². The largest absolute Gasteiger partial charge is 0.357 e. The molecule has 2 aromatic rings. The van der Waals surface area contributed by atoms with Crippen LogP contribution < -0.4 is 10.6 Å². The average molecular weight is 331 g/mol. The first kappa shape index (κ1) is 16.5. The minimum Gasteiger partial charge on any atom is -0.357 e. The molecular formula is C16H25N7O. The van der Waals surface area contributed by atoms with Gasteiger partial charge in [0.2, 0.25) is 5.91 Å². The van der Waals surface area contributed by atoms with Crippen LogP contribution in [-0.4, -0.2) is 56.0 Å². The van der Waals surface area contributed by atoms with Crippen molar-refractivity contribution in [2.75, 3.05) is 25.5 Å². The van der Waals surface area contributed by atoms with Crippen molar-refractivity contribution >= 4 is 11.7 Å². The van der Waals surface area contributed by atoms with Crippen LogP contribution in [0.3, 0.4) is 0 Å². The van der Waals surface area contributed by atoms with Crippen LogP contribution in [0.15, 0.2) is 24.7 Å². The standard InChI is InChI=1S/C16H25N7O/c1-17-15(24)16(20-14-4-7-18-22(14)3)5-8-23(9-6-16)12-13-10-19-21(2)11-13/h4,7,10-11,20H,5-6,8-9,12H2,1-3H3,(H,17,24). The molecule has 1 fully saturated rings. The Kier molecular flexibility index (Phi) is 4.57. The molecule has 130 valence electrons. The van der Waals surface area contributed by atoms with Crippen LogP contribution >= 0.6 is 0 Å². The number of piperidine rings is 1. The number of likely N-dealkylation sites (N-methyl/N-ethyl adjacent to an activating group) is 1. The highest BCUT2D eigenvalue weighted by atomic mass is 16.2. The second-order valence-electron chi connectivity index (χ2n) is 6.42. The van der Waals surface area contributed by atoms with Gasteiger partial charge in [-0.25, -0.2) is 0 Å². The fourth-order valence-corrected chi connectivity index (χ4v) is 3.29. The molecule has 0 radical (unpaired) electrons. The molecule has 1 saturated heterocycles. The molecule has 1 aliphatic rings. The monoisotopic (exact) mass is 331 g/mol. The van der Waals surface area contributed by atoms with Gasteiger partial charge in [-0.3, -0.25) is 19.1 Å². The second-order valence-corrected chi connectivity index (χ2v) is 6.42. The van der Waals surface area contributed by atoms with Gasteiger partial charge in [0.05, 0.1) is 12.4 Å². The van der Waals surface area contributed by atoms with Crippen molar-refractivity contribution in [2.24, 2.45) is 14.1 Å². The zero-order valence-corrected chi connectivity index (χ0v) is 14.5. The third kappa shape index (κ3) is 3.28. The summed E-state index contributed by atoms with van der Waals surface area (Å²) in [4.78, 5) is 14.9. The van der Waals surface area contributed by atoms with E-state index in [4.69, 9.17) is 0 Å². The summed E-state index contributed by atoms with van der Waals surface area (Å²) < 4.78 is 3.57. The summed E-state index contributed by atoms with van der Waals surface area (Å²) in [6.45, 7) is 2.57. The summed E-state index contributed by atoms with van der Waals surface area (Å²) in [5, 5.41) is 14.6. The minimum atomic E-state index is -0.589. The van der Waals surface area contributed by atoms with E-state index in [1.165, 1.54) is 5.56 Å². The summed E-state index contributed by atoms with van der Waals surface area (Å²) in [5.41, 5.74) is 0.609. The van der Waals surface area contributed by atoms with Gasteiger partial charge < -0.3 is 10.6 Å². The maximum Gasteiger partial charge on any atom is 0.245 e. The number of aromatic nitrogens is 4. The lowest BCUT2D eigenvalue weighted by molar-refractivity contribution is -0.126. The maximum absolute atomic E-state index is 12.6. The fraction of sp³-hybridized carbons (Fsp3) is 0.562. The van der Waals surface area contributed by atoms with Crippen LogP contribution in [0.5, 0.6) is 0 Å². The zero-order valence-electron chi connectivity index (χ0n) is 14.5. The highest BCUT2D eigenvalue weighted by molar-refractivity contribution is 5.89. The lowest BCUT2D eigenvalue weighted by Crippen LogP contribution is -2.57. The summed E-state index contributed by atoms with van der Waals surface area (Å²) in [6.07, 6.45) is 7.16. The average Bonchev–Trinajstić information content (AvgIpc) is 3.17. The van der Waals surface area contributed by atoms with E-state index >= 15 is 0 Å². The van der Waals surface area contributed by atoms with Gasteiger partial charge in [-0.2, -0.15) is 10.2 Å². The maximum atomic E-state index is 12.6. The number of hydrogen-bond donors (Lipinski definition) is 2. The number of carbonyl (C=O) groups is 1. The molecule has 24 heavy (non-hydrogen) atoms. The SMILES string of the molecule is CNC(=O)C1(Nc2ccnn2C)CCN(Cc2cnn(C)c2)CC1. The Morgan fingerprint density at radius 3 is 2.58 bits per heavy atom. The number of likely N-dealkylation sites (tertiary alicyclic amines) is 1. The Balaban J connectivity index is 1.68. The van der Waals surface area contributed by atoms with E-state index in [9.17, 15) is 4.79 Å². The first-order valence-corrected chi connectivity index (χ1v) is 8.21. The van der Waals surface area contributed by atoms with E-state index in [2.05, 4.69) is 25.7 Å². The summed E-state index contributed by atoms with van der Waals surface area (Å²) in [7, 11) is 5.49. The molecular weight excluding hydrogens is 306 g/mol. The van der Waals surface area contributed by atoms with Gasteiger partial charge in [-0.15, -0.1) is 0 Å². The van der Waals surface area contributed by atoms with Crippen LogP contribution in [0.4, 0.5) is 5.82 Å². The molecule has 0 unspecified atom stereocenters. The predicted octanol–water partition coefficient (Wildman–Crippen LogP) is 0.346. The highest BCUT2D eigenvalue weighted by Crippen LogP contribution is 2.28. The number of anilines is 1. The Bertz CT molecular complexity index is 697. The first-order valence-electron chi connectivity index (χ1n) is 8.21. The van der Waals surface area contributed by atoms with Crippen LogP contribution in [0.25, 0.3) is 0 Å². The molecule has 3 rings (SSSR count). The number of carbonyl (C=O) groups excluding carboxylic acids is 1. The number of hydrogen-bond acceptors (Lipinski definition) is 5. The van der Waals surface area contributed by atoms with E-state index in [-0.39, 0.29) is 5.91 Å². The van der Waals surface area contributed by atoms with E-state index in [1.807, 2.05) is 37.2 Å².